The Morgan fingerprint density at radius 1 is 1.00 bits per heavy atom. The maximum atomic E-state index is 4.99. The summed E-state index contributed by atoms with van der Waals surface area (Å²) in [7, 11) is 4.14. The summed E-state index contributed by atoms with van der Waals surface area (Å²) in [5.74, 6) is 1.98. The number of hydrogen-bond donors (Lipinski definition) is 1. The van der Waals surface area contributed by atoms with Crippen molar-refractivity contribution < 1.29 is 0 Å². The molecule has 3 rings (SSSR count). The van der Waals surface area contributed by atoms with Gasteiger partial charge in [-0.05, 0) is 32.4 Å². The van der Waals surface area contributed by atoms with Crippen LogP contribution in [0, 0.1) is 0 Å². The highest BCUT2D eigenvalue weighted by molar-refractivity contribution is 5.50. The Hall–Kier alpha value is -1.94. The van der Waals surface area contributed by atoms with Gasteiger partial charge in [0.2, 0.25) is 0 Å². The minimum Gasteiger partial charge on any atom is -0.362 e. The molecule has 0 amide bonds. The molecule has 2 heterocycles. The molecule has 1 N–H and O–H groups in total. The quantitative estimate of drug-likeness (QED) is 0.946. The molecule has 0 bridgehead atoms. The topological polar surface area (TPSA) is 41.1 Å². The number of anilines is 1. The monoisotopic (exact) mass is 310 g/mol. The number of nitrogens with one attached hydrogen (secondary N) is 1. The van der Waals surface area contributed by atoms with Gasteiger partial charge in [-0.3, -0.25) is 0 Å². The second-order valence-corrected chi connectivity index (χ2v) is 6.93. The van der Waals surface area contributed by atoms with Crippen molar-refractivity contribution in [3.63, 3.8) is 0 Å². The summed E-state index contributed by atoms with van der Waals surface area (Å²) in [5.41, 5.74) is 3.54. The van der Waals surface area contributed by atoms with Crippen LogP contribution in [-0.2, 0) is 18.3 Å². The van der Waals surface area contributed by atoms with Crippen LogP contribution >= 0.6 is 0 Å². The molecule has 1 aromatic carbocycles. The molecule has 1 aliphatic heterocycles. The van der Waals surface area contributed by atoms with Crippen LogP contribution in [0.25, 0.3) is 0 Å². The van der Waals surface area contributed by atoms with Crippen molar-refractivity contribution in [3.8, 4) is 0 Å². The number of rotatable bonds is 3. The molecule has 0 radical (unpaired) electrons. The molecule has 0 spiro atoms. The van der Waals surface area contributed by atoms with Gasteiger partial charge in [0, 0.05) is 38.0 Å². The second kappa shape index (κ2) is 6.28. The fourth-order valence-electron chi connectivity index (χ4n) is 3.16. The van der Waals surface area contributed by atoms with Gasteiger partial charge in [0.1, 0.15) is 11.6 Å². The maximum absolute atomic E-state index is 4.99. The zero-order valence-corrected chi connectivity index (χ0v) is 14.6. The first-order valence-corrected chi connectivity index (χ1v) is 8.34. The Labute approximate surface area is 139 Å². The SMILES string of the molecule is CN(C)c1nc(C(C)(C)c2ccccc2)nc2c1CCNCC2. The normalized spacial score (nSPS) is 15.0. The standard InChI is InChI=1S/C19H26N4/c1-19(2,14-8-6-5-7-9-14)18-21-16-11-13-20-12-10-15(16)17(22-18)23(3)4/h5-9,20H,10-13H2,1-4H3. The van der Waals surface area contributed by atoms with Crippen molar-refractivity contribution in [2.45, 2.75) is 32.1 Å². The van der Waals surface area contributed by atoms with Gasteiger partial charge in [0.25, 0.3) is 0 Å². The van der Waals surface area contributed by atoms with E-state index in [4.69, 9.17) is 9.97 Å². The number of fused-ring (bicyclic) bond motifs is 1. The van der Waals surface area contributed by atoms with E-state index in [1.165, 1.54) is 16.8 Å². The van der Waals surface area contributed by atoms with E-state index in [2.05, 4.69) is 62.4 Å². The summed E-state index contributed by atoms with van der Waals surface area (Å²) in [6.07, 6.45) is 1.96. The molecule has 4 nitrogen and oxygen atoms in total. The van der Waals surface area contributed by atoms with E-state index in [-0.39, 0.29) is 5.41 Å². The third-order valence-corrected chi connectivity index (χ3v) is 4.64. The summed E-state index contributed by atoms with van der Waals surface area (Å²) < 4.78 is 0. The molecular weight excluding hydrogens is 284 g/mol. The predicted octanol–water partition coefficient (Wildman–Crippen LogP) is 2.56. The maximum Gasteiger partial charge on any atom is 0.140 e. The van der Waals surface area contributed by atoms with Crippen molar-refractivity contribution in [1.82, 2.24) is 15.3 Å². The van der Waals surface area contributed by atoms with Gasteiger partial charge in [-0.2, -0.15) is 0 Å². The van der Waals surface area contributed by atoms with Crippen LogP contribution in [0.5, 0.6) is 0 Å². The smallest absolute Gasteiger partial charge is 0.140 e. The van der Waals surface area contributed by atoms with Gasteiger partial charge in [0.05, 0.1) is 5.69 Å². The van der Waals surface area contributed by atoms with E-state index in [1.54, 1.807) is 0 Å². The van der Waals surface area contributed by atoms with Gasteiger partial charge in [0.15, 0.2) is 0 Å². The Balaban J connectivity index is 2.13. The van der Waals surface area contributed by atoms with Gasteiger partial charge in [-0.15, -0.1) is 0 Å². The summed E-state index contributed by atoms with van der Waals surface area (Å²) in [4.78, 5) is 12.1. The third kappa shape index (κ3) is 3.08. The average Bonchev–Trinajstić information content (AvgIpc) is 2.79. The lowest BCUT2D eigenvalue weighted by molar-refractivity contribution is 0.582. The fourth-order valence-corrected chi connectivity index (χ4v) is 3.16. The first-order valence-electron chi connectivity index (χ1n) is 8.34. The van der Waals surface area contributed by atoms with Crippen molar-refractivity contribution in [2.24, 2.45) is 0 Å². The Morgan fingerprint density at radius 3 is 2.39 bits per heavy atom. The molecule has 2 aromatic rings. The lowest BCUT2D eigenvalue weighted by Gasteiger charge is -2.27. The largest absolute Gasteiger partial charge is 0.362 e. The molecule has 4 heteroatoms. The van der Waals surface area contributed by atoms with E-state index in [0.717, 1.165) is 37.6 Å². The average molecular weight is 310 g/mol. The van der Waals surface area contributed by atoms with Crippen LogP contribution < -0.4 is 10.2 Å². The minimum atomic E-state index is -0.208. The second-order valence-electron chi connectivity index (χ2n) is 6.93. The summed E-state index contributed by atoms with van der Waals surface area (Å²) in [6.45, 7) is 6.40. The molecule has 23 heavy (non-hydrogen) atoms. The van der Waals surface area contributed by atoms with E-state index in [9.17, 15) is 0 Å². The zero-order valence-electron chi connectivity index (χ0n) is 14.6. The van der Waals surface area contributed by atoms with E-state index in [0.29, 0.717) is 0 Å². The Bertz CT molecular complexity index is 677. The number of benzene rings is 1. The van der Waals surface area contributed by atoms with Crippen LogP contribution in [0.1, 0.15) is 36.5 Å². The molecule has 0 saturated carbocycles. The van der Waals surface area contributed by atoms with Crippen molar-refractivity contribution in [1.29, 1.82) is 0 Å². The van der Waals surface area contributed by atoms with Crippen molar-refractivity contribution in [3.05, 3.63) is 53.0 Å². The molecule has 0 unspecified atom stereocenters. The number of hydrogen-bond acceptors (Lipinski definition) is 4. The molecule has 0 saturated heterocycles. The first kappa shape index (κ1) is 15.9. The molecular formula is C19H26N4. The van der Waals surface area contributed by atoms with Crippen LogP contribution in [0.2, 0.25) is 0 Å². The molecule has 122 valence electrons. The highest BCUT2D eigenvalue weighted by Crippen LogP contribution is 2.32. The highest BCUT2D eigenvalue weighted by Gasteiger charge is 2.29. The van der Waals surface area contributed by atoms with E-state index >= 15 is 0 Å². The minimum absolute atomic E-state index is 0.208. The first-order chi connectivity index (χ1) is 11.0. The van der Waals surface area contributed by atoms with Crippen LogP contribution in [-0.4, -0.2) is 37.2 Å². The molecule has 0 atom stereocenters. The Morgan fingerprint density at radius 2 is 1.70 bits per heavy atom. The van der Waals surface area contributed by atoms with Crippen molar-refractivity contribution in [2.75, 3.05) is 32.1 Å². The van der Waals surface area contributed by atoms with Crippen LogP contribution in [0.3, 0.4) is 0 Å². The summed E-state index contributed by atoms with van der Waals surface area (Å²) >= 11 is 0. The number of aromatic nitrogens is 2. The number of nitrogens with zero attached hydrogens (tertiary/aromatic N) is 3. The summed E-state index contributed by atoms with van der Waals surface area (Å²) in [5, 5.41) is 3.46. The van der Waals surface area contributed by atoms with Crippen molar-refractivity contribution >= 4 is 5.82 Å². The van der Waals surface area contributed by atoms with Gasteiger partial charge in [-0.1, -0.05) is 30.3 Å². The van der Waals surface area contributed by atoms with E-state index in [1.807, 2.05) is 6.07 Å². The van der Waals surface area contributed by atoms with E-state index < -0.39 is 0 Å². The summed E-state index contributed by atoms with van der Waals surface area (Å²) in [6, 6.07) is 10.5. The highest BCUT2D eigenvalue weighted by atomic mass is 15.2. The lowest BCUT2D eigenvalue weighted by Crippen LogP contribution is -2.26. The molecule has 0 aliphatic carbocycles. The van der Waals surface area contributed by atoms with Gasteiger partial charge < -0.3 is 10.2 Å². The van der Waals surface area contributed by atoms with Gasteiger partial charge in [-0.25, -0.2) is 9.97 Å². The Kier molecular flexibility index (Phi) is 4.35. The lowest BCUT2D eigenvalue weighted by atomic mass is 9.83. The molecule has 1 aromatic heterocycles. The predicted molar refractivity (Wildman–Crippen MR) is 95.2 cm³/mol. The fraction of sp³-hybridized carbons (Fsp3) is 0.474. The zero-order chi connectivity index (χ0) is 16.4. The third-order valence-electron chi connectivity index (χ3n) is 4.64. The molecule has 0 fully saturated rings. The van der Waals surface area contributed by atoms with Crippen LogP contribution in [0.15, 0.2) is 30.3 Å². The molecule has 1 aliphatic rings. The van der Waals surface area contributed by atoms with Crippen LogP contribution in [0.4, 0.5) is 5.82 Å². The van der Waals surface area contributed by atoms with Gasteiger partial charge >= 0.3 is 0 Å².